The van der Waals surface area contributed by atoms with Crippen LogP contribution in [0.5, 0.6) is 0 Å². The van der Waals surface area contributed by atoms with Crippen LogP contribution >= 0.6 is 0 Å². The lowest BCUT2D eigenvalue weighted by molar-refractivity contribution is 0.555. The molecule has 0 heterocycles. The summed E-state index contributed by atoms with van der Waals surface area (Å²) in [5.41, 5.74) is 0. The van der Waals surface area contributed by atoms with E-state index in [2.05, 4.69) is 19.2 Å². The molecule has 1 aliphatic rings. The molecule has 1 aliphatic carbocycles. The maximum absolute atomic E-state index is 3.65. The molecule has 1 heteroatoms. The van der Waals surface area contributed by atoms with Gasteiger partial charge in [0, 0.05) is 6.04 Å². The van der Waals surface area contributed by atoms with Crippen molar-refractivity contribution in [2.24, 2.45) is 5.92 Å². The van der Waals surface area contributed by atoms with Crippen LogP contribution in [0.25, 0.3) is 0 Å². The molecule has 1 nitrogen and oxygen atoms in total. The number of unbranched alkanes of at least 4 members (excludes halogenated alkanes) is 5. The van der Waals surface area contributed by atoms with Gasteiger partial charge in [0.1, 0.15) is 0 Å². The van der Waals surface area contributed by atoms with Crippen molar-refractivity contribution in [3.8, 4) is 0 Å². The van der Waals surface area contributed by atoms with E-state index in [0.717, 1.165) is 12.0 Å². The maximum atomic E-state index is 3.65. The molecule has 1 N–H and O–H groups in total. The Morgan fingerprint density at radius 2 is 1.71 bits per heavy atom. The summed E-state index contributed by atoms with van der Waals surface area (Å²) in [5.74, 6) is 1.01. The molecule has 1 saturated carbocycles. The molecule has 84 valence electrons. The summed E-state index contributed by atoms with van der Waals surface area (Å²) in [6.07, 6.45) is 11.3. The van der Waals surface area contributed by atoms with Gasteiger partial charge in [-0.2, -0.15) is 0 Å². The van der Waals surface area contributed by atoms with E-state index in [-0.39, 0.29) is 0 Å². The van der Waals surface area contributed by atoms with Gasteiger partial charge in [-0.25, -0.2) is 0 Å². The third-order valence-electron chi connectivity index (χ3n) is 3.38. The van der Waals surface area contributed by atoms with E-state index < -0.39 is 0 Å². The minimum Gasteiger partial charge on any atom is -0.314 e. The lowest BCUT2D eigenvalue weighted by Gasteiger charge is -2.03. The van der Waals surface area contributed by atoms with Crippen LogP contribution < -0.4 is 5.32 Å². The Balaban J connectivity index is 1.73. The van der Waals surface area contributed by atoms with Crippen molar-refractivity contribution in [3.05, 3.63) is 0 Å². The minimum absolute atomic E-state index is 0.885. The summed E-state index contributed by atoms with van der Waals surface area (Å²) in [6.45, 7) is 5.84. The number of hydrogen-bond acceptors (Lipinski definition) is 1. The van der Waals surface area contributed by atoms with Gasteiger partial charge in [-0.15, -0.1) is 0 Å². The Bertz CT molecular complexity index is 133. The van der Waals surface area contributed by atoms with Crippen molar-refractivity contribution < 1.29 is 0 Å². The molecule has 1 fully saturated rings. The van der Waals surface area contributed by atoms with Crippen molar-refractivity contribution in [2.75, 3.05) is 6.54 Å². The largest absolute Gasteiger partial charge is 0.314 e. The molecule has 2 atom stereocenters. The summed E-state index contributed by atoms with van der Waals surface area (Å²) < 4.78 is 0. The first-order valence-electron chi connectivity index (χ1n) is 6.61. The Kier molecular flexibility index (Phi) is 6.25. The fourth-order valence-electron chi connectivity index (χ4n) is 2.14. The topological polar surface area (TPSA) is 12.0 Å². The molecule has 1 rings (SSSR count). The fourth-order valence-corrected chi connectivity index (χ4v) is 2.14. The van der Waals surface area contributed by atoms with Crippen molar-refractivity contribution in [1.82, 2.24) is 5.32 Å². The van der Waals surface area contributed by atoms with Gasteiger partial charge in [-0.1, -0.05) is 52.4 Å². The summed E-state index contributed by atoms with van der Waals surface area (Å²) >= 11 is 0. The molecule has 0 saturated heterocycles. The molecule has 0 spiro atoms. The van der Waals surface area contributed by atoms with Crippen LogP contribution in [0, 0.1) is 5.92 Å². The zero-order chi connectivity index (χ0) is 10.2. The molecule has 0 amide bonds. The Hall–Kier alpha value is -0.0400. The predicted molar refractivity (Wildman–Crippen MR) is 63.6 cm³/mol. The van der Waals surface area contributed by atoms with Gasteiger partial charge in [0.25, 0.3) is 0 Å². The molecule has 0 aromatic carbocycles. The summed E-state index contributed by atoms with van der Waals surface area (Å²) in [7, 11) is 0. The molecule has 2 unspecified atom stereocenters. The van der Waals surface area contributed by atoms with E-state index in [1.165, 1.54) is 57.9 Å². The first kappa shape index (κ1) is 12.0. The highest BCUT2D eigenvalue weighted by Crippen LogP contribution is 2.32. The second-order valence-electron chi connectivity index (χ2n) is 4.73. The van der Waals surface area contributed by atoms with E-state index in [4.69, 9.17) is 0 Å². The van der Waals surface area contributed by atoms with Gasteiger partial charge in [-0.3, -0.25) is 0 Å². The van der Waals surface area contributed by atoms with Crippen molar-refractivity contribution in [2.45, 2.75) is 71.3 Å². The quantitative estimate of drug-likeness (QED) is 0.555. The third-order valence-corrected chi connectivity index (χ3v) is 3.38. The number of rotatable bonds is 9. The zero-order valence-electron chi connectivity index (χ0n) is 10.0. The molecular weight excluding hydrogens is 170 g/mol. The van der Waals surface area contributed by atoms with Gasteiger partial charge >= 0.3 is 0 Å². The molecule has 0 bridgehead atoms. The number of hydrogen-bond donors (Lipinski definition) is 1. The van der Waals surface area contributed by atoms with Crippen LogP contribution in [0.1, 0.15) is 65.2 Å². The first-order chi connectivity index (χ1) is 6.88. The Morgan fingerprint density at radius 3 is 2.36 bits per heavy atom. The zero-order valence-corrected chi connectivity index (χ0v) is 10.0. The second kappa shape index (κ2) is 7.28. The van der Waals surface area contributed by atoms with Crippen molar-refractivity contribution in [3.63, 3.8) is 0 Å². The lowest BCUT2D eigenvalue weighted by atomic mass is 10.1. The smallest absolute Gasteiger partial charge is 0.00990 e. The van der Waals surface area contributed by atoms with E-state index >= 15 is 0 Å². The van der Waals surface area contributed by atoms with Crippen LogP contribution in [0.3, 0.4) is 0 Å². The monoisotopic (exact) mass is 197 g/mol. The standard InChI is InChI=1S/C13H27N/c1-3-5-6-7-8-9-10-14-13-11-12(13)4-2/h12-14H,3-11H2,1-2H3. The van der Waals surface area contributed by atoms with Gasteiger partial charge in [-0.05, 0) is 25.3 Å². The van der Waals surface area contributed by atoms with E-state index in [0.29, 0.717) is 0 Å². The average molecular weight is 197 g/mol. The van der Waals surface area contributed by atoms with E-state index in [1.54, 1.807) is 0 Å². The lowest BCUT2D eigenvalue weighted by Crippen LogP contribution is -2.19. The molecular formula is C13H27N. The van der Waals surface area contributed by atoms with Gasteiger partial charge in [0.2, 0.25) is 0 Å². The Morgan fingerprint density at radius 1 is 1.00 bits per heavy atom. The highest BCUT2D eigenvalue weighted by molar-refractivity contribution is 4.91. The van der Waals surface area contributed by atoms with Gasteiger partial charge < -0.3 is 5.32 Å². The van der Waals surface area contributed by atoms with Crippen LogP contribution in [-0.4, -0.2) is 12.6 Å². The summed E-state index contributed by atoms with van der Waals surface area (Å²) in [4.78, 5) is 0. The summed E-state index contributed by atoms with van der Waals surface area (Å²) in [5, 5.41) is 3.65. The molecule has 0 aromatic heterocycles. The SMILES string of the molecule is CCCCCCCCNC1CC1CC. The van der Waals surface area contributed by atoms with E-state index in [9.17, 15) is 0 Å². The molecule has 0 radical (unpaired) electrons. The van der Waals surface area contributed by atoms with Crippen LogP contribution in [0.15, 0.2) is 0 Å². The fraction of sp³-hybridized carbons (Fsp3) is 1.00. The molecule has 14 heavy (non-hydrogen) atoms. The van der Waals surface area contributed by atoms with Crippen molar-refractivity contribution >= 4 is 0 Å². The van der Waals surface area contributed by atoms with Gasteiger partial charge in [0.05, 0.1) is 0 Å². The average Bonchev–Trinajstić information content (AvgIpc) is 2.95. The second-order valence-corrected chi connectivity index (χ2v) is 4.73. The summed E-state index contributed by atoms with van der Waals surface area (Å²) in [6, 6.07) is 0.885. The van der Waals surface area contributed by atoms with Crippen LogP contribution in [0.2, 0.25) is 0 Å². The van der Waals surface area contributed by atoms with Crippen LogP contribution in [0.4, 0.5) is 0 Å². The minimum atomic E-state index is 0.885. The normalized spacial score (nSPS) is 25.3. The van der Waals surface area contributed by atoms with E-state index in [1.807, 2.05) is 0 Å². The predicted octanol–water partition coefficient (Wildman–Crippen LogP) is 3.74. The highest BCUT2D eigenvalue weighted by atomic mass is 15.0. The third kappa shape index (κ3) is 4.99. The molecule has 0 aliphatic heterocycles. The first-order valence-corrected chi connectivity index (χ1v) is 6.61. The number of nitrogens with one attached hydrogen (secondary N) is 1. The molecule has 0 aromatic rings. The van der Waals surface area contributed by atoms with Crippen LogP contribution in [-0.2, 0) is 0 Å². The van der Waals surface area contributed by atoms with Gasteiger partial charge in [0.15, 0.2) is 0 Å². The maximum Gasteiger partial charge on any atom is 0.00990 e. The Labute approximate surface area is 89.7 Å². The highest BCUT2D eigenvalue weighted by Gasteiger charge is 2.34. The van der Waals surface area contributed by atoms with Crippen molar-refractivity contribution in [1.29, 1.82) is 0 Å².